The Morgan fingerprint density at radius 3 is 2.68 bits per heavy atom. The van der Waals surface area contributed by atoms with Gasteiger partial charge >= 0.3 is 6.09 Å². The third-order valence-corrected chi connectivity index (χ3v) is 8.87. The number of aromatic nitrogens is 3. The summed E-state index contributed by atoms with van der Waals surface area (Å²) in [6.45, 7) is 12.6. The number of hydrogen-bond acceptors (Lipinski definition) is 8. The zero-order valence-electron chi connectivity index (χ0n) is 24.5. The first kappa shape index (κ1) is 26.8. The Morgan fingerprint density at radius 2 is 1.90 bits per heavy atom. The van der Waals surface area contributed by atoms with Gasteiger partial charge in [-0.3, -0.25) is 4.90 Å². The number of hydrogen-bond donors (Lipinski definition) is 1. The first-order valence-corrected chi connectivity index (χ1v) is 14.9. The lowest BCUT2D eigenvalue weighted by Crippen LogP contribution is -2.56. The number of hydrazine groups is 1. The molecule has 218 valence electrons. The zero-order chi connectivity index (χ0) is 28.3. The normalized spacial score (nSPS) is 25.5. The highest BCUT2D eigenvalue weighted by Crippen LogP contribution is 2.39. The van der Waals surface area contributed by atoms with E-state index in [1.807, 2.05) is 45.0 Å². The molecular formula is C31H40N6O4. The SMILES string of the molecule is Cc1c[nH]c2ncc(-c3cc4c(c([C@@H]5COCCN5C(=O)OC(C)(C)C)c3)CN(N3C5CCC3COC5)CC4)nc12. The molecule has 4 aliphatic rings. The maximum absolute atomic E-state index is 13.5. The van der Waals surface area contributed by atoms with Crippen LogP contribution in [0.15, 0.2) is 24.5 Å². The zero-order valence-corrected chi connectivity index (χ0v) is 24.5. The van der Waals surface area contributed by atoms with Crippen molar-refractivity contribution in [2.24, 2.45) is 0 Å². The summed E-state index contributed by atoms with van der Waals surface area (Å²) >= 11 is 0. The Kier molecular flexibility index (Phi) is 6.77. The molecule has 4 aliphatic heterocycles. The molecule has 10 nitrogen and oxygen atoms in total. The predicted molar refractivity (Wildman–Crippen MR) is 154 cm³/mol. The number of benzene rings is 1. The minimum absolute atomic E-state index is 0.251. The Morgan fingerprint density at radius 1 is 1.10 bits per heavy atom. The van der Waals surface area contributed by atoms with E-state index >= 15 is 0 Å². The number of carbonyl (C=O) groups is 1. The van der Waals surface area contributed by atoms with Crippen molar-refractivity contribution < 1.29 is 19.0 Å². The summed E-state index contributed by atoms with van der Waals surface area (Å²) in [5.41, 5.74) is 7.71. The van der Waals surface area contributed by atoms with Gasteiger partial charge in [0.25, 0.3) is 0 Å². The molecule has 0 aliphatic carbocycles. The molecule has 7 rings (SSSR count). The predicted octanol–water partition coefficient (Wildman–Crippen LogP) is 4.38. The topological polar surface area (TPSA) is 96.0 Å². The van der Waals surface area contributed by atoms with E-state index in [0.29, 0.717) is 31.8 Å². The third-order valence-electron chi connectivity index (χ3n) is 8.87. The van der Waals surface area contributed by atoms with E-state index in [9.17, 15) is 4.79 Å². The number of fused-ring (bicyclic) bond motifs is 4. The maximum atomic E-state index is 13.5. The third kappa shape index (κ3) is 5.01. The Balaban J connectivity index is 1.31. The van der Waals surface area contributed by atoms with Gasteiger partial charge in [-0.05, 0) is 81.3 Å². The van der Waals surface area contributed by atoms with Crippen LogP contribution in [0, 0.1) is 6.92 Å². The van der Waals surface area contributed by atoms with E-state index in [2.05, 4.69) is 32.1 Å². The number of carbonyl (C=O) groups excluding carboxylic acids is 1. The van der Waals surface area contributed by atoms with Crippen molar-refractivity contribution in [1.29, 1.82) is 0 Å². The summed E-state index contributed by atoms with van der Waals surface area (Å²) in [6, 6.07) is 5.13. The number of aryl methyl sites for hydroxylation is 1. The van der Waals surface area contributed by atoms with Gasteiger partial charge in [-0.25, -0.2) is 24.8 Å². The largest absolute Gasteiger partial charge is 0.444 e. The van der Waals surface area contributed by atoms with Crippen LogP contribution < -0.4 is 0 Å². The number of ether oxygens (including phenoxy) is 3. The van der Waals surface area contributed by atoms with Gasteiger partial charge in [0.15, 0.2) is 5.65 Å². The standard InChI is InChI=1S/C31H40N6O4/c1-19-13-32-29-28(19)34-26(14-33-29)21-11-20-7-8-35(37-22-5-6-23(37)17-40-16-22)15-25(20)24(12-21)27-18-39-10-9-36(27)30(38)41-31(2,3)4/h11-14,22-23,27H,5-10,15-18H2,1-4H3,(H,32,33)/t22?,23?,27-/m0/s1. The van der Waals surface area contributed by atoms with E-state index in [4.69, 9.17) is 19.2 Å². The van der Waals surface area contributed by atoms with E-state index in [1.165, 1.54) is 24.0 Å². The van der Waals surface area contributed by atoms with Crippen molar-refractivity contribution in [2.75, 3.05) is 39.5 Å². The maximum Gasteiger partial charge on any atom is 0.410 e. The van der Waals surface area contributed by atoms with Crippen molar-refractivity contribution >= 4 is 17.3 Å². The van der Waals surface area contributed by atoms with Crippen LogP contribution in [-0.2, 0) is 27.2 Å². The summed E-state index contributed by atoms with van der Waals surface area (Å²) in [7, 11) is 0. The van der Waals surface area contributed by atoms with Gasteiger partial charge in [0.1, 0.15) is 11.1 Å². The van der Waals surface area contributed by atoms with Crippen LogP contribution in [0.1, 0.15) is 61.9 Å². The monoisotopic (exact) mass is 560 g/mol. The second-order valence-corrected chi connectivity index (χ2v) is 12.8. The van der Waals surface area contributed by atoms with Gasteiger partial charge in [-0.1, -0.05) is 0 Å². The van der Waals surface area contributed by atoms with Crippen molar-refractivity contribution in [3.05, 3.63) is 46.8 Å². The average molecular weight is 561 g/mol. The summed E-state index contributed by atoms with van der Waals surface area (Å²) in [5, 5.41) is 5.13. The van der Waals surface area contributed by atoms with E-state index in [0.717, 1.165) is 66.3 Å². The molecule has 2 unspecified atom stereocenters. The number of aromatic amines is 1. The van der Waals surface area contributed by atoms with Crippen LogP contribution in [0.4, 0.5) is 4.79 Å². The molecule has 3 aromatic rings. The molecule has 10 heteroatoms. The fourth-order valence-corrected chi connectivity index (χ4v) is 6.95. The van der Waals surface area contributed by atoms with Gasteiger partial charge in [-0.2, -0.15) is 0 Å². The summed E-state index contributed by atoms with van der Waals surface area (Å²) in [4.78, 5) is 28.2. The van der Waals surface area contributed by atoms with Crippen LogP contribution in [0.2, 0.25) is 0 Å². The molecule has 0 radical (unpaired) electrons. The molecule has 1 N–H and O–H groups in total. The van der Waals surface area contributed by atoms with Gasteiger partial charge < -0.3 is 19.2 Å². The van der Waals surface area contributed by atoms with Gasteiger partial charge in [-0.15, -0.1) is 0 Å². The molecule has 2 aromatic heterocycles. The average Bonchev–Trinajstić information content (AvgIpc) is 3.45. The van der Waals surface area contributed by atoms with Crippen molar-refractivity contribution in [3.63, 3.8) is 0 Å². The highest BCUT2D eigenvalue weighted by Gasteiger charge is 2.42. The lowest BCUT2D eigenvalue weighted by molar-refractivity contribution is -0.143. The van der Waals surface area contributed by atoms with Crippen LogP contribution in [0.25, 0.3) is 22.4 Å². The number of nitrogens with zero attached hydrogens (tertiary/aromatic N) is 5. The van der Waals surface area contributed by atoms with Gasteiger partial charge in [0, 0.05) is 43.5 Å². The Labute approximate surface area is 240 Å². The molecule has 3 fully saturated rings. The van der Waals surface area contributed by atoms with Crippen LogP contribution >= 0.6 is 0 Å². The molecular weight excluding hydrogens is 520 g/mol. The van der Waals surface area contributed by atoms with Gasteiger partial charge in [0.2, 0.25) is 0 Å². The van der Waals surface area contributed by atoms with E-state index in [-0.39, 0.29) is 12.1 Å². The molecule has 2 bridgehead atoms. The molecule has 6 heterocycles. The summed E-state index contributed by atoms with van der Waals surface area (Å²) in [5.74, 6) is 0. The minimum Gasteiger partial charge on any atom is -0.444 e. The van der Waals surface area contributed by atoms with Crippen LogP contribution in [0.3, 0.4) is 0 Å². The highest BCUT2D eigenvalue weighted by molar-refractivity contribution is 5.78. The molecule has 41 heavy (non-hydrogen) atoms. The number of rotatable bonds is 3. The highest BCUT2D eigenvalue weighted by atomic mass is 16.6. The Bertz CT molecular complexity index is 1450. The lowest BCUT2D eigenvalue weighted by atomic mass is 9.88. The van der Waals surface area contributed by atoms with Crippen molar-refractivity contribution in [2.45, 2.75) is 77.2 Å². The van der Waals surface area contributed by atoms with Crippen molar-refractivity contribution in [3.8, 4) is 11.3 Å². The Hall–Kier alpha value is -3.05. The van der Waals surface area contributed by atoms with Gasteiger partial charge in [0.05, 0.1) is 44.4 Å². The fraction of sp³-hybridized carbons (Fsp3) is 0.581. The lowest BCUT2D eigenvalue weighted by Gasteiger charge is -2.46. The smallest absolute Gasteiger partial charge is 0.410 e. The van der Waals surface area contributed by atoms with Crippen molar-refractivity contribution in [1.82, 2.24) is 29.9 Å². The van der Waals surface area contributed by atoms with E-state index < -0.39 is 5.60 Å². The molecule has 3 atom stereocenters. The number of morpholine rings is 2. The van der Waals surface area contributed by atoms with Crippen LogP contribution in [-0.4, -0.2) is 93.2 Å². The molecule has 0 spiro atoms. The second-order valence-electron chi connectivity index (χ2n) is 12.8. The fourth-order valence-electron chi connectivity index (χ4n) is 6.95. The van der Waals surface area contributed by atoms with E-state index in [1.54, 1.807) is 0 Å². The van der Waals surface area contributed by atoms with Crippen LogP contribution in [0.5, 0.6) is 0 Å². The molecule has 0 saturated carbocycles. The first-order chi connectivity index (χ1) is 19.7. The second kappa shape index (κ2) is 10.3. The number of amides is 1. The number of H-pyrrole nitrogens is 1. The molecule has 1 amide bonds. The molecule has 1 aromatic carbocycles. The number of nitrogens with one attached hydrogen (secondary N) is 1. The summed E-state index contributed by atoms with van der Waals surface area (Å²) < 4.78 is 17.8. The quantitative estimate of drug-likeness (QED) is 0.504. The molecule has 3 saturated heterocycles. The summed E-state index contributed by atoms with van der Waals surface area (Å²) in [6.07, 6.45) is 6.77. The minimum atomic E-state index is -0.576. The first-order valence-electron chi connectivity index (χ1n) is 14.9.